The van der Waals surface area contributed by atoms with Gasteiger partial charge in [0.25, 0.3) is 0 Å². The van der Waals surface area contributed by atoms with Crippen LogP contribution in [0.25, 0.3) is 0 Å². The number of morpholine rings is 1. The van der Waals surface area contributed by atoms with Crippen molar-refractivity contribution in [3.05, 3.63) is 35.4 Å². The second-order valence-corrected chi connectivity index (χ2v) is 5.89. The van der Waals surface area contributed by atoms with Crippen LogP contribution in [0.15, 0.2) is 18.2 Å². The van der Waals surface area contributed by atoms with E-state index < -0.39 is 11.6 Å². The van der Waals surface area contributed by atoms with Crippen molar-refractivity contribution in [2.45, 2.75) is 37.5 Å². The fraction of sp³-hybridized carbons (Fsp3) is 0.625. The standard InChI is InChI=1S/C16H22F2N2O/c1-19-13(11-4-2-5-12(17)16(11)18)10-20-8-9-21-15-7-3-6-14(15)20/h2,4-5,13-15,19H,3,6-10H2,1H3. The van der Waals surface area contributed by atoms with E-state index in [2.05, 4.69) is 10.2 Å². The van der Waals surface area contributed by atoms with Crippen molar-refractivity contribution < 1.29 is 13.5 Å². The van der Waals surface area contributed by atoms with Crippen molar-refractivity contribution in [3.63, 3.8) is 0 Å². The van der Waals surface area contributed by atoms with Gasteiger partial charge in [-0.25, -0.2) is 8.78 Å². The Morgan fingerprint density at radius 1 is 1.38 bits per heavy atom. The highest BCUT2D eigenvalue weighted by molar-refractivity contribution is 5.23. The number of nitrogens with zero attached hydrogens (tertiary/aromatic N) is 1. The highest BCUT2D eigenvalue weighted by Gasteiger charge is 2.37. The lowest BCUT2D eigenvalue weighted by Crippen LogP contribution is -2.50. The molecule has 0 bridgehead atoms. The number of ether oxygens (including phenoxy) is 1. The number of benzene rings is 1. The number of rotatable bonds is 4. The second kappa shape index (κ2) is 6.38. The molecule has 116 valence electrons. The summed E-state index contributed by atoms with van der Waals surface area (Å²) in [6.45, 7) is 2.26. The molecule has 0 aromatic heterocycles. The first kappa shape index (κ1) is 14.9. The topological polar surface area (TPSA) is 24.5 Å². The normalized spacial score (nSPS) is 27.6. The lowest BCUT2D eigenvalue weighted by Gasteiger charge is -2.39. The zero-order chi connectivity index (χ0) is 14.8. The van der Waals surface area contributed by atoms with E-state index in [1.165, 1.54) is 6.42 Å². The predicted octanol–water partition coefficient (Wildman–Crippen LogP) is 2.48. The van der Waals surface area contributed by atoms with Crippen molar-refractivity contribution in [1.82, 2.24) is 10.2 Å². The maximum Gasteiger partial charge on any atom is 0.163 e. The Kier molecular flexibility index (Phi) is 4.52. The number of likely N-dealkylation sites (N-methyl/N-ethyl adjacent to an activating group) is 1. The van der Waals surface area contributed by atoms with Crippen LogP contribution in [-0.2, 0) is 4.74 Å². The molecule has 1 N–H and O–H groups in total. The summed E-state index contributed by atoms with van der Waals surface area (Å²) in [5.41, 5.74) is 0.401. The van der Waals surface area contributed by atoms with Crippen molar-refractivity contribution in [2.75, 3.05) is 26.7 Å². The summed E-state index contributed by atoms with van der Waals surface area (Å²) in [7, 11) is 1.79. The Hall–Kier alpha value is -1.04. The molecule has 0 amide bonds. The van der Waals surface area contributed by atoms with Crippen LogP contribution in [-0.4, -0.2) is 43.8 Å². The Morgan fingerprint density at radius 2 is 2.24 bits per heavy atom. The van der Waals surface area contributed by atoms with Gasteiger partial charge < -0.3 is 10.1 Å². The van der Waals surface area contributed by atoms with E-state index >= 15 is 0 Å². The Bertz CT molecular complexity index is 497. The molecule has 5 heteroatoms. The molecular formula is C16H22F2N2O. The van der Waals surface area contributed by atoms with Crippen molar-refractivity contribution in [2.24, 2.45) is 0 Å². The zero-order valence-corrected chi connectivity index (χ0v) is 12.3. The van der Waals surface area contributed by atoms with Gasteiger partial charge in [0.2, 0.25) is 0 Å². The van der Waals surface area contributed by atoms with Crippen LogP contribution in [0.5, 0.6) is 0 Å². The number of fused-ring (bicyclic) bond motifs is 1. The minimum atomic E-state index is -0.784. The second-order valence-electron chi connectivity index (χ2n) is 5.89. The first-order valence-corrected chi connectivity index (χ1v) is 7.67. The van der Waals surface area contributed by atoms with Crippen molar-refractivity contribution >= 4 is 0 Å². The molecule has 3 atom stereocenters. The molecule has 1 aliphatic carbocycles. The van der Waals surface area contributed by atoms with E-state index in [4.69, 9.17) is 4.74 Å². The van der Waals surface area contributed by atoms with Crippen LogP contribution in [0.4, 0.5) is 8.78 Å². The fourth-order valence-electron chi connectivity index (χ4n) is 3.60. The summed E-state index contributed by atoms with van der Waals surface area (Å²) in [5.74, 6) is -1.53. The average molecular weight is 296 g/mol. The molecule has 3 rings (SSSR count). The van der Waals surface area contributed by atoms with Gasteiger partial charge in [-0.15, -0.1) is 0 Å². The molecule has 2 fully saturated rings. The highest BCUT2D eigenvalue weighted by atomic mass is 19.2. The van der Waals surface area contributed by atoms with Gasteiger partial charge >= 0.3 is 0 Å². The van der Waals surface area contributed by atoms with Crippen LogP contribution < -0.4 is 5.32 Å². The Morgan fingerprint density at radius 3 is 3.05 bits per heavy atom. The van der Waals surface area contributed by atoms with Gasteiger partial charge in [0, 0.05) is 30.7 Å². The number of hydrogen-bond acceptors (Lipinski definition) is 3. The maximum atomic E-state index is 14.0. The van der Waals surface area contributed by atoms with Crippen molar-refractivity contribution in [3.8, 4) is 0 Å². The van der Waals surface area contributed by atoms with Crippen LogP contribution in [0.2, 0.25) is 0 Å². The molecule has 1 heterocycles. The third-order valence-electron chi connectivity index (χ3n) is 4.72. The Labute approximate surface area is 124 Å². The van der Waals surface area contributed by atoms with Crippen molar-refractivity contribution in [1.29, 1.82) is 0 Å². The van der Waals surface area contributed by atoms with Gasteiger partial charge in [-0.05, 0) is 32.4 Å². The number of hydrogen-bond donors (Lipinski definition) is 1. The molecule has 21 heavy (non-hydrogen) atoms. The summed E-state index contributed by atoms with van der Waals surface area (Å²) in [6.07, 6.45) is 3.74. The summed E-state index contributed by atoms with van der Waals surface area (Å²) < 4.78 is 33.2. The molecule has 0 spiro atoms. The third-order valence-corrected chi connectivity index (χ3v) is 4.72. The smallest absolute Gasteiger partial charge is 0.163 e. The van der Waals surface area contributed by atoms with Gasteiger partial charge in [-0.3, -0.25) is 4.90 Å². The van der Waals surface area contributed by atoms with Gasteiger partial charge in [-0.2, -0.15) is 0 Å². The lowest BCUT2D eigenvalue weighted by atomic mass is 10.0. The summed E-state index contributed by atoms with van der Waals surface area (Å²) >= 11 is 0. The van der Waals surface area contributed by atoms with E-state index in [0.717, 1.165) is 32.1 Å². The molecule has 1 aromatic carbocycles. The molecule has 2 aliphatic rings. The summed E-state index contributed by atoms with van der Waals surface area (Å²) in [6, 6.07) is 4.60. The zero-order valence-electron chi connectivity index (χ0n) is 12.3. The highest BCUT2D eigenvalue weighted by Crippen LogP contribution is 2.31. The van der Waals surface area contributed by atoms with E-state index in [1.807, 2.05) is 0 Å². The van der Waals surface area contributed by atoms with Gasteiger partial charge in [0.1, 0.15) is 0 Å². The largest absolute Gasteiger partial charge is 0.375 e. The van der Waals surface area contributed by atoms with E-state index in [-0.39, 0.29) is 6.04 Å². The van der Waals surface area contributed by atoms with Gasteiger partial charge in [0.15, 0.2) is 11.6 Å². The molecule has 1 saturated carbocycles. The summed E-state index contributed by atoms with van der Waals surface area (Å²) in [4.78, 5) is 2.37. The molecule has 1 aliphatic heterocycles. The Balaban J connectivity index is 1.76. The third kappa shape index (κ3) is 2.96. The quantitative estimate of drug-likeness (QED) is 0.924. The van der Waals surface area contributed by atoms with Crippen LogP contribution in [0, 0.1) is 11.6 Å². The first-order valence-electron chi connectivity index (χ1n) is 7.67. The fourth-order valence-corrected chi connectivity index (χ4v) is 3.60. The van der Waals surface area contributed by atoms with Crippen LogP contribution in [0.1, 0.15) is 30.9 Å². The molecular weight excluding hydrogens is 274 g/mol. The monoisotopic (exact) mass is 296 g/mol. The van der Waals surface area contributed by atoms with Crippen LogP contribution in [0.3, 0.4) is 0 Å². The minimum absolute atomic E-state index is 0.208. The molecule has 1 saturated heterocycles. The van der Waals surface area contributed by atoms with Crippen LogP contribution >= 0.6 is 0 Å². The molecule has 3 nitrogen and oxygen atoms in total. The molecule has 3 unspecified atom stereocenters. The minimum Gasteiger partial charge on any atom is -0.375 e. The van der Waals surface area contributed by atoms with E-state index in [1.54, 1.807) is 19.2 Å². The molecule has 1 aromatic rings. The number of nitrogens with one attached hydrogen (secondary N) is 1. The van der Waals surface area contributed by atoms with E-state index in [9.17, 15) is 8.78 Å². The average Bonchev–Trinajstić information content (AvgIpc) is 2.97. The predicted molar refractivity (Wildman–Crippen MR) is 77.1 cm³/mol. The number of halogens is 2. The van der Waals surface area contributed by atoms with E-state index in [0.29, 0.717) is 24.3 Å². The SMILES string of the molecule is CNC(CN1CCOC2CCCC21)c1cccc(F)c1F. The first-order chi connectivity index (χ1) is 10.2. The summed E-state index contributed by atoms with van der Waals surface area (Å²) in [5, 5.41) is 3.12. The molecule has 0 radical (unpaired) electrons. The van der Waals surface area contributed by atoms with Gasteiger partial charge in [-0.1, -0.05) is 12.1 Å². The van der Waals surface area contributed by atoms with Gasteiger partial charge in [0.05, 0.1) is 12.7 Å². The lowest BCUT2D eigenvalue weighted by molar-refractivity contribution is -0.0581. The maximum absolute atomic E-state index is 14.0.